The summed E-state index contributed by atoms with van der Waals surface area (Å²) in [5, 5.41) is 0. The molecule has 132 valence electrons. The van der Waals surface area contributed by atoms with Crippen LogP contribution in [0.4, 0.5) is 0 Å². The second kappa shape index (κ2) is 10.1. The largest absolute Gasteiger partial charge is 0.378 e. The minimum atomic E-state index is -3.20. The monoisotopic (exact) mass is 356 g/mol. The average Bonchev–Trinajstić information content (AvgIpc) is 2.49. The highest BCUT2D eigenvalue weighted by Gasteiger charge is 2.31. The van der Waals surface area contributed by atoms with Crippen LogP contribution in [0.1, 0.15) is 38.5 Å². The second-order valence-electron chi connectivity index (χ2n) is 5.88. The lowest BCUT2D eigenvalue weighted by Crippen LogP contribution is -2.44. The van der Waals surface area contributed by atoms with E-state index in [1.54, 1.807) is 4.31 Å². The lowest BCUT2D eigenvalue weighted by molar-refractivity contribution is 0.0187. The minimum absolute atomic E-state index is 0. The van der Waals surface area contributed by atoms with Gasteiger partial charge < -0.3 is 15.2 Å². The Hall–Kier alpha value is 0.0800. The zero-order chi connectivity index (χ0) is 15.1. The van der Waals surface area contributed by atoms with Crippen LogP contribution in [0.3, 0.4) is 0 Å². The third kappa shape index (κ3) is 6.29. The van der Waals surface area contributed by atoms with Gasteiger partial charge in [-0.1, -0.05) is 0 Å². The average molecular weight is 357 g/mol. The van der Waals surface area contributed by atoms with Crippen molar-refractivity contribution in [1.29, 1.82) is 0 Å². The Bertz CT molecular complexity index is 394. The van der Waals surface area contributed by atoms with E-state index in [2.05, 4.69) is 0 Å². The Kier molecular flexibility index (Phi) is 9.19. The number of rotatable bonds is 7. The molecule has 8 heteroatoms. The maximum Gasteiger partial charge on any atom is 0.216 e. The van der Waals surface area contributed by atoms with Crippen LogP contribution in [0, 0.1) is 0 Å². The molecule has 2 N–H and O–H groups in total. The smallest absolute Gasteiger partial charge is 0.216 e. The molecule has 2 aliphatic rings. The molecule has 0 aromatic heterocycles. The first-order valence-electron chi connectivity index (χ1n) is 8.03. The Morgan fingerprint density at radius 1 is 1.18 bits per heavy atom. The lowest BCUT2D eigenvalue weighted by atomic mass is 10.1. The van der Waals surface area contributed by atoms with Crippen molar-refractivity contribution in [1.82, 2.24) is 4.31 Å². The predicted molar refractivity (Wildman–Crippen MR) is 88.8 cm³/mol. The Morgan fingerprint density at radius 2 is 1.91 bits per heavy atom. The third-order valence-corrected chi connectivity index (χ3v) is 6.11. The van der Waals surface area contributed by atoms with Crippen molar-refractivity contribution in [2.24, 2.45) is 5.73 Å². The van der Waals surface area contributed by atoms with Crippen molar-refractivity contribution in [2.45, 2.75) is 50.7 Å². The number of sulfonamides is 1. The van der Waals surface area contributed by atoms with E-state index >= 15 is 0 Å². The fourth-order valence-corrected chi connectivity index (χ4v) is 4.60. The molecular formula is C14H29ClN2O4S. The van der Waals surface area contributed by atoms with Gasteiger partial charge in [-0.3, -0.25) is 0 Å². The quantitative estimate of drug-likeness (QED) is 0.692. The third-order valence-electron chi connectivity index (χ3n) is 4.17. The summed E-state index contributed by atoms with van der Waals surface area (Å²) in [4.78, 5) is 0. The first kappa shape index (κ1) is 20.1. The maximum absolute atomic E-state index is 12.4. The molecule has 0 aromatic rings. The Labute approximate surface area is 140 Å². The molecule has 0 amide bonds. The molecule has 6 nitrogen and oxygen atoms in total. The zero-order valence-corrected chi connectivity index (χ0v) is 14.7. The number of ether oxygens (including phenoxy) is 2. The summed E-state index contributed by atoms with van der Waals surface area (Å²) in [6.07, 6.45) is 5.43. The Morgan fingerprint density at radius 3 is 2.50 bits per heavy atom. The topological polar surface area (TPSA) is 81.9 Å². The number of hydrogen-bond donors (Lipinski definition) is 1. The molecule has 0 spiro atoms. The van der Waals surface area contributed by atoms with Crippen molar-refractivity contribution in [3.05, 3.63) is 0 Å². The van der Waals surface area contributed by atoms with E-state index in [0.29, 0.717) is 32.8 Å². The Balaban J connectivity index is 0.00000242. The standard InChI is InChI=1S/C14H28N2O4S.ClH/c15-7-3-11-19-13-5-8-16(9-6-13)21(17,18)12-14-4-1-2-10-20-14;/h13-14H,1-12,15H2;1H. The van der Waals surface area contributed by atoms with Gasteiger partial charge >= 0.3 is 0 Å². The molecule has 1 atom stereocenters. The highest BCUT2D eigenvalue weighted by atomic mass is 35.5. The summed E-state index contributed by atoms with van der Waals surface area (Å²) < 4.78 is 37.7. The van der Waals surface area contributed by atoms with E-state index in [4.69, 9.17) is 15.2 Å². The van der Waals surface area contributed by atoms with Crippen LogP contribution in [0.15, 0.2) is 0 Å². The van der Waals surface area contributed by atoms with Crippen LogP contribution in [0.25, 0.3) is 0 Å². The zero-order valence-electron chi connectivity index (χ0n) is 13.1. The van der Waals surface area contributed by atoms with Gasteiger partial charge in [-0.25, -0.2) is 12.7 Å². The first-order valence-corrected chi connectivity index (χ1v) is 9.64. The number of nitrogens with two attached hydrogens (primary N) is 1. The number of piperidine rings is 1. The van der Waals surface area contributed by atoms with Crippen LogP contribution in [0.2, 0.25) is 0 Å². The van der Waals surface area contributed by atoms with Gasteiger partial charge in [0.15, 0.2) is 0 Å². The fourth-order valence-electron chi connectivity index (χ4n) is 2.89. The van der Waals surface area contributed by atoms with E-state index in [-0.39, 0.29) is 30.4 Å². The molecule has 2 saturated heterocycles. The van der Waals surface area contributed by atoms with Crippen LogP contribution < -0.4 is 5.73 Å². The molecule has 2 fully saturated rings. The van der Waals surface area contributed by atoms with Gasteiger partial charge in [-0.2, -0.15) is 0 Å². The van der Waals surface area contributed by atoms with Gasteiger partial charge in [0.25, 0.3) is 0 Å². The fraction of sp³-hybridized carbons (Fsp3) is 1.00. The van der Waals surface area contributed by atoms with Crippen molar-refractivity contribution in [3.63, 3.8) is 0 Å². The van der Waals surface area contributed by atoms with E-state index in [9.17, 15) is 8.42 Å². The van der Waals surface area contributed by atoms with Crippen LogP contribution in [0.5, 0.6) is 0 Å². The number of hydrogen-bond acceptors (Lipinski definition) is 5. The molecular weight excluding hydrogens is 328 g/mol. The molecule has 0 bridgehead atoms. The van der Waals surface area contributed by atoms with E-state index < -0.39 is 10.0 Å². The predicted octanol–water partition coefficient (Wildman–Crippen LogP) is 1.14. The second-order valence-corrected chi connectivity index (χ2v) is 7.89. The van der Waals surface area contributed by atoms with E-state index in [1.807, 2.05) is 0 Å². The maximum atomic E-state index is 12.4. The summed E-state index contributed by atoms with van der Waals surface area (Å²) in [6.45, 7) is 3.11. The molecule has 0 radical (unpaired) electrons. The summed E-state index contributed by atoms with van der Waals surface area (Å²) >= 11 is 0. The van der Waals surface area contributed by atoms with Crippen molar-refractivity contribution in [3.8, 4) is 0 Å². The highest BCUT2D eigenvalue weighted by molar-refractivity contribution is 7.89. The van der Waals surface area contributed by atoms with Gasteiger partial charge in [0.05, 0.1) is 18.0 Å². The number of nitrogens with zero attached hydrogens (tertiary/aromatic N) is 1. The molecule has 0 saturated carbocycles. The van der Waals surface area contributed by atoms with Crippen molar-refractivity contribution in [2.75, 3.05) is 38.6 Å². The SMILES string of the molecule is Cl.NCCCOC1CCN(S(=O)(=O)CC2CCCCO2)CC1. The van der Waals surface area contributed by atoms with Crippen LogP contribution in [-0.4, -0.2) is 63.5 Å². The molecule has 2 aliphatic heterocycles. The van der Waals surface area contributed by atoms with Crippen molar-refractivity contribution >= 4 is 22.4 Å². The summed E-state index contributed by atoms with van der Waals surface area (Å²) in [7, 11) is -3.20. The van der Waals surface area contributed by atoms with Crippen molar-refractivity contribution < 1.29 is 17.9 Å². The van der Waals surface area contributed by atoms with E-state index in [0.717, 1.165) is 38.5 Å². The molecule has 2 rings (SSSR count). The van der Waals surface area contributed by atoms with Gasteiger partial charge in [0.2, 0.25) is 10.0 Å². The summed E-state index contributed by atoms with van der Waals surface area (Å²) in [6, 6.07) is 0. The van der Waals surface area contributed by atoms with Crippen LogP contribution in [-0.2, 0) is 19.5 Å². The minimum Gasteiger partial charge on any atom is -0.378 e. The number of halogens is 1. The summed E-state index contributed by atoms with van der Waals surface area (Å²) in [5.41, 5.74) is 5.43. The van der Waals surface area contributed by atoms with E-state index in [1.165, 1.54) is 0 Å². The molecule has 1 unspecified atom stereocenters. The lowest BCUT2D eigenvalue weighted by Gasteiger charge is -2.32. The van der Waals surface area contributed by atoms with Gasteiger partial charge in [0, 0.05) is 26.3 Å². The van der Waals surface area contributed by atoms with Gasteiger partial charge in [0.1, 0.15) is 0 Å². The van der Waals surface area contributed by atoms with Crippen LogP contribution >= 0.6 is 12.4 Å². The van der Waals surface area contributed by atoms with Gasteiger partial charge in [-0.05, 0) is 45.1 Å². The molecule has 0 aliphatic carbocycles. The normalized spacial score (nSPS) is 24.9. The summed E-state index contributed by atoms with van der Waals surface area (Å²) in [5.74, 6) is 0.131. The first-order chi connectivity index (χ1) is 10.1. The molecule has 0 aromatic carbocycles. The van der Waals surface area contributed by atoms with Gasteiger partial charge in [-0.15, -0.1) is 12.4 Å². The highest BCUT2D eigenvalue weighted by Crippen LogP contribution is 2.20. The molecule has 22 heavy (non-hydrogen) atoms. The molecule has 2 heterocycles.